The molecule has 1 saturated heterocycles. The minimum absolute atomic E-state index is 0.293. The first kappa shape index (κ1) is 22.2. The van der Waals surface area contributed by atoms with Gasteiger partial charge < -0.3 is 14.4 Å². The molecule has 172 valence electrons. The molecule has 1 aliphatic heterocycles. The average Bonchev–Trinajstić information content (AvgIpc) is 3.20. The lowest BCUT2D eigenvalue weighted by Gasteiger charge is -2.32. The van der Waals surface area contributed by atoms with E-state index in [4.69, 9.17) is 38.4 Å². The molecule has 9 nitrogen and oxygen atoms in total. The maximum absolute atomic E-state index is 9.67. The number of benzene rings is 1. The number of H-pyrrole nitrogens is 1. The van der Waals surface area contributed by atoms with Crippen molar-refractivity contribution in [3.05, 3.63) is 58.0 Å². The summed E-state index contributed by atoms with van der Waals surface area (Å²) in [5, 5.41) is 18.5. The van der Waals surface area contributed by atoms with Crippen molar-refractivity contribution in [3.8, 4) is 28.8 Å². The number of methoxy groups -OCH3 is 1. The number of pyridine rings is 2. The van der Waals surface area contributed by atoms with E-state index in [9.17, 15) is 5.26 Å². The molecule has 1 aliphatic rings. The number of aromatic amines is 1. The van der Waals surface area contributed by atoms with Crippen molar-refractivity contribution in [1.82, 2.24) is 20.2 Å². The van der Waals surface area contributed by atoms with E-state index in [0.717, 1.165) is 30.4 Å². The predicted molar refractivity (Wildman–Crippen MR) is 129 cm³/mol. The van der Waals surface area contributed by atoms with Crippen LogP contribution in [-0.2, 0) is 0 Å². The standard InChI is InChI=1S/C23H19Cl2N7O2/c1-33-18-7-17-14(6-19(18)34-22(27)20-15(24)10-28-11-16(20)25)21(31-30-17)13-5-12(8-26)23(29-9-13)32-3-2-4-32/h5-7,9-11,22H,2-4,27H2,1H3,(H,30,31)/t22-/m0/s1. The second kappa shape index (κ2) is 8.99. The Hall–Kier alpha value is -3.58. The van der Waals surface area contributed by atoms with Gasteiger partial charge in [0.05, 0.1) is 28.2 Å². The number of ether oxygens (including phenoxy) is 2. The zero-order valence-electron chi connectivity index (χ0n) is 18.0. The van der Waals surface area contributed by atoms with Crippen LogP contribution in [0.3, 0.4) is 0 Å². The number of nitrogens with two attached hydrogens (primary N) is 1. The topological polar surface area (TPSA) is 126 Å². The maximum Gasteiger partial charge on any atom is 0.177 e. The first-order valence-corrected chi connectivity index (χ1v) is 11.2. The lowest BCUT2D eigenvalue weighted by Crippen LogP contribution is -2.38. The van der Waals surface area contributed by atoms with Crippen molar-refractivity contribution in [2.75, 3.05) is 25.1 Å². The highest BCUT2D eigenvalue weighted by Gasteiger charge is 2.22. The van der Waals surface area contributed by atoms with E-state index in [0.29, 0.717) is 49.7 Å². The lowest BCUT2D eigenvalue weighted by molar-refractivity contribution is 0.204. The van der Waals surface area contributed by atoms with Gasteiger partial charge in [0.25, 0.3) is 0 Å². The van der Waals surface area contributed by atoms with Gasteiger partial charge in [-0.2, -0.15) is 10.4 Å². The Morgan fingerprint density at radius 3 is 2.56 bits per heavy atom. The van der Waals surface area contributed by atoms with Crippen molar-refractivity contribution in [2.45, 2.75) is 12.6 Å². The Balaban J connectivity index is 1.55. The highest BCUT2D eigenvalue weighted by atomic mass is 35.5. The zero-order valence-corrected chi connectivity index (χ0v) is 19.6. The molecule has 0 unspecified atom stereocenters. The molecule has 0 spiro atoms. The molecule has 1 aromatic carbocycles. The molecule has 3 aromatic heterocycles. The van der Waals surface area contributed by atoms with Crippen molar-refractivity contribution >= 4 is 39.9 Å². The van der Waals surface area contributed by atoms with Crippen LogP contribution in [-0.4, -0.2) is 40.4 Å². The summed E-state index contributed by atoms with van der Waals surface area (Å²) in [5.74, 6) is 1.52. The van der Waals surface area contributed by atoms with Crippen LogP contribution in [0.25, 0.3) is 22.2 Å². The normalized spacial score (nSPS) is 13.9. The van der Waals surface area contributed by atoms with Crippen molar-refractivity contribution in [2.24, 2.45) is 5.73 Å². The summed E-state index contributed by atoms with van der Waals surface area (Å²) in [6.45, 7) is 1.80. The van der Waals surface area contributed by atoms with E-state index in [1.165, 1.54) is 19.5 Å². The number of nitrogens with one attached hydrogen (secondary N) is 1. The molecule has 11 heteroatoms. The van der Waals surface area contributed by atoms with E-state index in [1.54, 1.807) is 24.4 Å². The largest absolute Gasteiger partial charge is 0.493 e. The molecule has 0 radical (unpaired) electrons. The van der Waals surface area contributed by atoms with Crippen molar-refractivity contribution in [1.29, 1.82) is 5.26 Å². The highest BCUT2D eigenvalue weighted by Crippen LogP contribution is 2.39. The van der Waals surface area contributed by atoms with Crippen LogP contribution < -0.4 is 20.1 Å². The summed E-state index contributed by atoms with van der Waals surface area (Å²) in [7, 11) is 1.53. The number of aromatic nitrogens is 4. The summed E-state index contributed by atoms with van der Waals surface area (Å²) in [6, 6.07) is 7.57. The number of nitrogens with zero attached hydrogens (tertiary/aromatic N) is 5. The lowest BCUT2D eigenvalue weighted by atomic mass is 10.1. The van der Waals surface area contributed by atoms with Crippen LogP contribution in [0.1, 0.15) is 23.8 Å². The van der Waals surface area contributed by atoms with Crippen molar-refractivity contribution < 1.29 is 9.47 Å². The van der Waals surface area contributed by atoms with E-state index < -0.39 is 6.23 Å². The van der Waals surface area contributed by atoms with Gasteiger partial charge in [-0.25, -0.2) is 4.98 Å². The maximum atomic E-state index is 9.67. The van der Waals surface area contributed by atoms with E-state index in [-0.39, 0.29) is 0 Å². The number of anilines is 1. The summed E-state index contributed by atoms with van der Waals surface area (Å²) in [4.78, 5) is 10.6. The fourth-order valence-corrected chi connectivity index (χ4v) is 4.41. The molecule has 34 heavy (non-hydrogen) atoms. The molecule has 4 aromatic rings. The Kier molecular flexibility index (Phi) is 5.87. The second-order valence-electron chi connectivity index (χ2n) is 7.72. The van der Waals surface area contributed by atoms with Crippen LogP contribution >= 0.6 is 23.2 Å². The summed E-state index contributed by atoms with van der Waals surface area (Å²) in [5.41, 5.74) is 9.23. The van der Waals surface area contributed by atoms with Gasteiger partial charge in [0, 0.05) is 54.3 Å². The van der Waals surface area contributed by atoms with Crippen LogP contribution in [0, 0.1) is 11.3 Å². The smallest absolute Gasteiger partial charge is 0.177 e. The Labute approximate surface area is 205 Å². The van der Waals surface area contributed by atoms with Gasteiger partial charge in [-0.15, -0.1) is 0 Å². The van der Waals surface area contributed by atoms with Gasteiger partial charge >= 0.3 is 0 Å². The second-order valence-corrected chi connectivity index (χ2v) is 8.54. The molecule has 0 bridgehead atoms. The predicted octanol–water partition coefficient (Wildman–Crippen LogP) is 4.45. The minimum Gasteiger partial charge on any atom is -0.493 e. The van der Waals surface area contributed by atoms with E-state index in [1.807, 2.05) is 0 Å². The Morgan fingerprint density at radius 2 is 1.91 bits per heavy atom. The molecular formula is C23H19Cl2N7O2. The summed E-state index contributed by atoms with van der Waals surface area (Å²) < 4.78 is 11.5. The quantitative estimate of drug-likeness (QED) is 0.375. The number of halogens is 2. The molecule has 5 rings (SSSR count). The van der Waals surface area contributed by atoms with Crippen LogP contribution in [0.2, 0.25) is 10.0 Å². The van der Waals surface area contributed by atoms with Crippen LogP contribution in [0.15, 0.2) is 36.8 Å². The fraction of sp³-hybridized carbons (Fsp3) is 0.217. The van der Waals surface area contributed by atoms with Gasteiger partial charge in [0.1, 0.15) is 17.6 Å². The SMILES string of the molecule is COc1cc2[nH]nc(-c3cnc(N4CCC4)c(C#N)c3)c2cc1O[C@H](N)c1c(Cl)cncc1Cl. The minimum atomic E-state index is -0.965. The molecule has 0 aliphatic carbocycles. The van der Waals surface area contributed by atoms with Gasteiger partial charge in [-0.1, -0.05) is 23.2 Å². The fourth-order valence-electron chi connectivity index (χ4n) is 3.83. The monoisotopic (exact) mass is 495 g/mol. The van der Waals surface area contributed by atoms with E-state index >= 15 is 0 Å². The zero-order chi connectivity index (χ0) is 23.8. The van der Waals surface area contributed by atoms with Gasteiger partial charge in [-0.05, 0) is 18.6 Å². The number of hydrogen-bond donors (Lipinski definition) is 2. The average molecular weight is 496 g/mol. The molecule has 0 amide bonds. The third kappa shape index (κ3) is 3.86. The van der Waals surface area contributed by atoms with Crippen LogP contribution in [0.4, 0.5) is 5.82 Å². The first-order valence-electron chi connectivity index (χ1n) is 10.4. The Morgan fingerprint density at radius 1 is 1.15 bits per heavy atom. The number of nitriles is 1. The van der Waals surface area contributed by atoms with Gasteiger partial charge in [-0.3, -0.25) is 15.8 Å². The highest BCUT2D eigenvalue weighted by molar-refractivity contribution is 6.35. The first-order chi connectivity index (χ1) is 16.5. The van der Waals surface area contributed by atoms with Gasteiger partial charge in [0.15, 0.2) is 17.7 Å². The molecular weight excluding hydrogens is 477 g/mol. The summed E-state index contributed by atoms with van der Waals surface area (Å²) in [6.07, 6.45) is 4.75. The van der Waals surface area contributed by atoms with Gasteiger partial charge in [0.2, 0.25) is 0 Å². The molecule has 0 saturated carbocycles. The number of rotatable bonds is 6. The third-order valence-electron chi connectivity index (χ3n) is 5.69. The summed E-state index contributed by atoms with van der Waals surface area (Å²) >= 11 is 12.5. The molecule has 1 fully saturated rings. The molecule has 1 atom stereocenters. The molecule has 4 heterocycles. The molecule has 3 N–H and O–H groups in total. The third-order valence-corrected chi connectivity index (χ3v) is 6.29. The Bertz CT molecular complexity index is 1410. The number of hydrogen-bond acceptors (Lipinski definition) is 8. The van der Waals surface area contributed by atoms with E-state index in [2.05, 4.69) is 31.1 Å². The number of fused-ring (bicyclic) bond motifs is 1. The van der Waals surface area contributed by atoms with Crippen LogP contribution in [0.5, 0.6) is 11.5 Å². The van der Waals surface area contributed by atoms with Crippen molar-refractivity contribution in [3.63, 3.8) is 0 Å².